The molecule has 1 heterocycles. The summed E-state index contributed by atoms with van der Waals surface area (Å²) in [5.41, 5.74) is -0.556. The highest BCUT2D eigenvalue weighted by Gasteiger charge is 2.39. The number of nitrogens with one attached hydrogen (secondary N) is 1. The molecular formula is C14H17Cl2NO3S. The number of rotatable bonds is 4. The first-order valence-electron chi connectivity index (χ1n) is 6.91. The van der Waals surface area contributed by atoms with Gasteiger partial charge in [0.05, 0.1) is 15.3 Å². The number of halogens is 2. The van der Waals surface area contributed by atoms with Crippen LogP contribution < -0.4 is 5.32 Å². The van der Waals surface area contributed by atoms with Crippen molar-refractivity contribution in [3.05, 3.63) is 20.3 Å². The Morgan fingerprint density at radius 3 is 2.33 bits per heavy atom. The van der Waals surface area contributed by atoms with Gasteiger partial charge in [-0.3, -0.25) is 9.59 Å². The van der Waals surface area contributed by atoms with Crippen LogP contribution in [-0.4, -0.2) is 23.5 Å². The number of hydrogen-bond acceptors (Lipinski definition) is 3. The summed E-state index contributed by atoms with van der Waals surface area (Å²) >= 11 is 12.9. The first kappa shape index (κ1) is 16.6. The molecule has 0 radical (unpaired) electrons. The van der Waals surface area contributed by atoms with Crippen LogP contribution in [0.5, 0.6) is 0 Å². The normalized spacial score (nSPS) is 18.0. The maximum Gasteiger partial charge on any atom is 0.311 e. The molecule has 1 saturated carbocycles. The van der Waals surface area contributed by atoms with Gasteiger partial charge in [0.2, 0.25) is 0 Å². The van der Waals surface area contributed by atoms with Gasteiger partial charge in [-0.1, -0.05) is 48.9 Å². The van der Waals surface area contributed by atoms with E-state index < -0.39 is 11.4 Å². The topological polar surface area (TPSA) is 66.4 Å². The zero-order valence-corrected chi connectivity index (χ0v) is 13.8. The molecule has 0 spiro atoms. The van der Waals surface area contributed by atoms with Gasteiger partial charge in [-0.15, -0.1) is 11.3 Å². The quantitative estimate of drug-likeness (QED) is 0.800. The Bertz CT molecular complexity index is 536. The monoisotopic (exact) mass is 349 g/mol. The van der Waals surface area contributed by atoms with Crippen LogP contribution in [0.3, 0.4) is 0 Å². The molecule has 2 rings (SSSR count). The maximum absolute atomic E-state index is 12.1. The zero-order chi connectivity index (χ0) is 15.5. The predicted molar refractivity (Wildman–Crippen MR) is 84.4 cm³/mol. The van der Waals surface area contributed by atoms with Gasteiger partial charge >= 0.3 is 5.97 Å². The number of thiophene rings is 1. The van der Waals surface area contributed by atoms with Gasteiger partial charge in [-0.25, -0.2) is 0 Å². The van der Waals surface area contributed by atoms with Crippen molar-refractivity contribution in [3.8, 4) is 0 Å². The lowest BCUT2D eigenvalue weighted by atomic mass is 9.80. The van der Waals surface area contributed by atoms with Crippen LogP contribution in [0.25, 0.3) is 0 Å². The predicted octanol–water partition coefficient (Wildman–Crippen LogP) is 4.21. The number of carboxylic acids is 1. The van der Waals surface area contributed by atoms with Crippen LogP contribution in [0, 0.1) is 5.41 Å². The number of carboxylic acid groups (broad SMARTS) is 1. The summed E-state index contributed by atoms with van der Waals surface area (Å²) in [5.74, 6) is -1.20. The van der Waals surface area contributed by atoms with E-state index in [0.717, 1.165) is 37.0 Å². The Hall–Kier alpha value is -0.780. The summed E-state index contributed by atoms with van der Waals surface area (Å²) in [6.45, 7) is 0.130. The zero-order valence-electron chi connectivity index (χ0n) is 11.5. The van der Waals surface area contributed by atoms with Crippen molar-refractivity contribution < 1.29 is 14.7 Å². The summed E-state index contributed by atoms with van der Waals surface area (Å²) in [6, 6.07) is 1.50. The van der Waals surface area contributed by atoms with Crippen molar-refractivity contribution in [2.75, 3.05) is 6.54 Å². The fourth-order valence-corrected chi connectivity index (χ4v) is 4.17. The molecule has 0 aliphatic heterocycles. The standard InChI is InChI=1S/C14H17Cl2NO3S/c15-10-7-9(11(16)21-10)12(18)17-8-14(13(19)20)5-3-1-2-4-6-14/h7H,1-6,8H2,(H,17,18)(H,19,20). The van der Waals surface area contributed by atoms with E-state index in [2.05, 4.69) is 5.32 Å². The molecule has 1 aromatic rings. The first-order valence-corrected chi connectivity index (χ1v) is 8.48. The molecule has 1 amide bonds. The molecule has 2 N–H and O–H groups in total. The summed E-state index contributed by atoms with van der Waals surface area (Å²) in [7, 11) is 0. The summed E-state index contributed by atoms with van der Waals surface area (Å²) in [6.07, 6.45) is 5.06. The van der Waals surface area contributed by atoms with Gasteiger partial charge in [-0.05, 0) is 18.9 Å². The van der Waals surface area contributed by atoms with Crippen LogP contribution in [0.15, 0.2) is 6.07 Å². The second-order valence-electron chi connectivity index (χ2n) is 5.42. The molecule has 4 nitrogen and oxygen atoms in total. The minimum Gasteiger partial charge on any atom is -0.481 e. The largest absolute Gasteiger partial charge is 0.481 e. The second kappa shape index (κ2) is 6.99. The lowest BCUT2D eigenvalue weighted by Crippen LogP contribution is -2.42. The minimum atomic E-state index is -0.863. The van der Waals surface area contributed by atoms with Gasteiger partial charge < -0.3 is 10.4 Å². The maximum atomic E-state index is 12.1. The van der Waals surface area contributed by atoms with E-state index >= 15 is 0 Å². The van der Waals surface area contributed by atoms with Gasteiger partial charge in [0.1, 0.15) is 4.34 Å². The van der Waals surface area contributed by atoms with Crippen molar-refractivity contribution in [3.63, 3.8) is 0 Å². The molecule has 116 valence electrons. The molecule has 0 saturated heterocycles. The SMILES string of the molecule is O=C(NCC1(C(=O)O)CCCCCC1)c1cc(Cl)sc1Cl. The summed E-state index contributed by atoms with van der Waals surface area (Å²) in [5, 5.41) is 12.3. The Balaban J connectivity index is 2.06. The minimum absolute atomic E-state index is 0.130. The highest BCUT2D eigenvalue weighted by Crippen LogP contribution is 2.35. The Morgan fingerprint density at radius 2 is 1.86 bits per heavy atom. The average molecular weight is 350 g/mol. The molecule has 21 heavy (non-hydrogen) atoms. The molecular weight excluding hydrogens is 333 g/mol. The lowest BCUT2D eigenvalue weighted by Gasteiger charge is -2.28. The van der Waals surface area contributed by atoms with E-state index in [1.165, 1.54) is 6.07 Å². The van der Waals surface area contributed by atoms with Crippen LogP contribution in [0.4, 0.5) is 0 Å². The molecule has 1 aliphatic carbocycles. The third-order valence-electron chi connectivity index (χ3n) is 4.00. The fraction of sp³-hybridized carbons (Fsp3) is 0.571. The first-order chi connectivity index (χ1) is 9.94. The van der Waals surface area contributed by atoms with Gasteiger partial charge in [0.15, 0.2) is 0 Å². The fourth-order valence-electron chi connectivity index (χ4n) is 2.71. The van der Waals surface area contributed by atoms with Gasteiger partial charge in [-0.2, -0.15) is 0 Å². The van der Waals surface area contributed by atoms with E-state index in [1.54, 1.807) is 0 Å². The van der Waals surface area contributed by atoms with Crippen molar-refractivity contribution in [2.45, 2.75) is 38.5 Å². The average Bonchev–Trinajstić information content (AvgIpc) is 2.65. The molecule has 0 aromatic carbocycles. The Morgan fingerprint density at radius 1 is 1.24 bits per heavy atom. The van der Waals surface area contributed by atoms with Gasteiger partial charge in [0.25, 0.3) is 5.91 Å². The highest BCUT2D eigenvalue weighted by atomic mass is 35.5. The molecule has 0 atom stereocenters. The van der Waals surface area contributed by atoms with Crippen LogP contribution >= 0.6 is 34.5 Å². The highest BCUT2D eigenvalue weighted by molar-refractivity contribution is 7.20. The molecule has 1 fully saturated rings. The van der Waals surface area contributed by atoms with E-state index in [-0.39, 0.29) is 12.5 Å². The van der Waals surface area contributed by atoms with Gasteiger partial charge in [0, 0.05) is 6.54 Å². The van der Waals surface area contributed by atoms with Crippen molar-refractivity contribution >= 4 is 46.4 Å². The number of hydrogen-bond donors (Lipinski definition) is 2. The van der Waals surface area contributed by atoms with Crippen LogP contribution in [0.1, 0.15) is 48.9 Å². The molecule has 1 aliphatic rings. The number of aliphatic carboxylic acids is 1. The van der Waals surface area contributed by atoms with Crippen molar-refractivity contribution in [1.29, 1.82) is 0 Å². The third kappa shape index (κ3) is 3.90. The summed E-state index contributed by atoms with van der Waals surface area (Å²) in [4.78, 5) is 23.8. The van der Waals surface area contributed by atoms with E-state index in [1.807, 2.05) is 0 Å². The summed E-state index contributed by atoms with van der Waals surface area (Å²) < 4.78 is 0.760. The van der Waals surface area contributed by atoms with Crippen molar-refractivity contribution in [2.24, 2.45) is 5.41 Å². The van der Waals surface area contributed by atoms with E-state index in [0.29, 0.717) is 27.1 Å². The van der Waals surface area contributed by atoms with E-state index in [4.69, 9.17) is 23.2 Å². The number of amides is 1. The molecule has 1 aromatic heterocycles. The second-order valence-corrected chi connectivity index (χ2v) is 7.71. The smallest absolute Gasteiger partial charge is 0.311 e. The molecule has 0 bridgehead atoms. The molecule has 0 unspecified atom stereocenters. The Kier molecular flexibility index (Phi) is 5.52. The van der Waals surface area contributed by atoms with Crippen LogP contribution in [0.2, 0.25) is 8.67 Å². The molecule has 7 heteroatoms. The Labute approximate surface area is 137 Å². The van der Waals surface area contributed by atoms with Crippen molar-refractivity contribution in [1.82, 2.24) is 5.32 Å². The number of carbonyl (C=O) groups excluding carboxylic acids is 1. The van der Waals surface area contributed by atoms with Crippen LogP contribution in [-0.2, 0) is 4.79 Å². The van der Waals surface area contributed by atoms with E-state index in [9.17, 15) is 14.7 Å². The number of carbonyl (C=O) groups is 2. The third-order valence-corrected chi connectivity index (χ3v) is 5.49. The lowest BCUT2D eigenvalue weighted by molar-refractivity contribution is -0.149.